The molecule has 1 aromatic heterocycles. The minimum atomic E-state index is -0.0517. The molecule has 7 heteroatoms. The van der Waals surface area contributed by atoms with Crippen LogP contribution in [0.1, 0.15) is 21.1 Å². The number of benzene rings is 1. The zero-order valence-electron chi connectivity index (χ0n) is 12.7. The number of carbonyl (C=O) groups is 1. The third-order valence-electron chi connectivity index (χ3n) is 3.67. The van der Waals surface area contributed by atoms with Gasteiger partial charge in [-0.25, -0.2) is 4.98 Å². The van der Waals surface area contributed by atoms with E-state index in [4.69, 9.17) is 0 Å². The number of aromatic nitrogens is 1. The smallest absolute Gasteiger partial charge is 0.270 e. The second-order valence-corrected chi connectivity index (χ2v) is 6.29. The zero-order valence-corrected chi connectivity index (χ0v) is 15.1. The number of halogens is 2. The molecule has 4 nitrogen and oxygen atoms in total. The highest BCUT2D eigenvalue weighted by molar-refractivity contribution is 7.09. The van der Waals surface area contributed by atoms with E-state index in [1.54, 1.807) is 11.3 Å². The number of thiazole rings is 1. The van der Waals surface area contributed by atoms with Crippen molar-refractivity contribution in [2.75, 3.05) is 19.6 Å². The van der Waals surface area contributed by atoms with E-state index in [0.29, 0.717) is 11.6 Å². The summed E-state index contributed by atoms with van der Waals surface area (Å²) in [5.74, 6) is 0.522. The number of carbonyl (C=O) groups excluding carboxylic acids is 1. The predicted octanol–water partition coefficient (Wildman–Crippen LogP) is 2.72. The first kappa shape index (κ1) is 19.9. The average Bonchev–Trinajstić information content (AvgIpc) is 2.93. The number of hydrogen-bond acceptors (Lipinski definition) is 4. The summed E-state index contributed by atoms with van der Waals surface area (Å²) >= 11 is 1.57. The molecule has 0 spiro atoms. The summed E-state index contributed by atoms with van der Waals surface area (Å²) in [6.45, 7) is 2.74. The summed E-state index contributed by atoms with van der Waals surface area (Å²) in [5, 5.41) is 9.03. The Balaban J connectivity index is 0.00000132. The molecule has 1 aromatic carbocycles. The van der Waals surface area contributed by atoms with Crippen LogP contribution in [-0.4, -0.2) is 30.5 Å². The van der Waals surface area contributed by atoms with E-state index in [9.17, 15) is 4.79 Å². The Bertz CT molecular complexity index is 602. The number of nitrogens with zero attached hydrogens (tertiary/aromatic N) is 1. The molecule has 3 rings (SSSR count). The van der Waals surface area contributed by atoms with Gasteiger partial charge in [-0.3, -0.25) is 4.79 Å². The molecule has 0 radical (unpaired) electrons. The Kier molecular flexibility index (Phi) is 8.55. The minimum Gasteiger partial charge on any atom is -0.350 e. The number of hydrogen-bond donors (Lipinski definition) is 2. The van der Waals surface area contributed by atoms with Crippen LogP contribution in [0.2, 0.25) is 0 Å². The highest BCUT2D eigenvalue weighted by Gasteiger charge is 2.18. The lowest BCUT2D eigenvalue weighted by atomic mass is 10.0. The van der Waals surface area contributed by atoms with Crippen molar-refractivity contribution < 1.29 is 4.79 Å². The lowest BCUT2D eigenvalue weighted by Gasteiger charge is -2.26. The minimum absolute atomic E-state index is 0. The van der Waals surface area contributed by atoms with Crippen LogP contribution in [0.5, 0.6) is 0 Å². The fourth-order valence-corrected chi connectivity index (χ4v) is 3.02. The summed E-state index contributed by atoms with van der Waals surface area (Å²) in [6.07, 6.45) is 1.84. The Hall–Kier alpha value is -1.14. The zero-order chi connectivity index (χ0) is 14.5. The molecular formula is C16H21Cl2N3OS. The predicted molar refractivity (Wildman–Crippen MR) is 99.2 cm³/mol. The van der Waals surface area contributed by atoms with E-state index in [1.807, 2.05) is 23.6 Å². The summed E-state index contributed by atoms with van der Waals surface area (Å²) in [4.78, 5) is 16.4. The fraction of sp³-hybridized carbons (Fsp3) is 0.375. The SMILES string of the molecule is Cl.Cl.O=C(NCC1CNC1)c1csc(CCc2ccccc2)n1. The highest BCUT2D eigenvalue weighted by atomic mass is 35.5. The van der Waals surface area contributed by atoms with Crippen molar-refractivity contribution >= 4 is 42.1 Å². The Morgan fingerprint density at radius 2 is 1.96 bits per heavy atom. The molecule has 1 amide bonds. The van der Waals surface area contributed by atoms with Crippen LogP contribution in [0.4, 0.5) is 0 Å². The number of nitrogens with one attached hydrogen (secondary N) is 2. The van der Waals surface area contributed by atoms with Gasteiger partial charge in [-0.1, -0.05) is 30.3 Å². The van der Waals surface area contributed by atoms with Crippen LogP contribution in [-0.2, 0) is 12.8 Å². The van der Waals surface area contributed by atoms with Gasteiger partial charge < -0.3 is 10.6 Å². The largest absolute Gasteiger partial charge is 0.350 e. The second-order valence-electron chi connectivity index (χ2n) is 5.35. The standard InChI is InChI=1S/C16H19N3OS.2ClH/c20-16(18-10-13-8-17-9-13)14-11-21-15(19-14)7-6-12-4-2-1-3-5-12;;/h1-5,11,13,17H,6-10H2,(H,18,20);2*1H. The first-order valence-corrected chi connectivity index (χ1v) is 8.16. The van der Waals surface area contributed by atoms with Crippen molar-refractivity contribution in [1.29, 1.82) is 0 Å². The van der Waals surface area contributed by atoms with Gasteiger partial charge in [0.15, 0.2) is 0 Å². The number of amides is 1. The van der Waals surface area contributed by atoms with Crippen LogP contribution >= 0.6 is 36.2 Å². The van der Waals surface area contributed by atoms with E-state index in [0.717, 1.165) is 37.5 Å². The van der Waals surface area contributed by atoms with Gasteiger partial charge in [-0.2, -0.15) is 0 Å². The van der Waals surface area contributed by atoms with Crippen molar-refractivity contribution in [1.82, 2.24) is 15.6 Å². The maximum atomic E-state index is 12.0. The molecule has 0 aliphatic carbocycles. The van der Waals surface area contributed by atoms with Crippen LogP contribution in [0.15, 0.2) is 35.7 Å². The lowest BCUT2D eigenvalue weighted by Crippen LogP contribution is -2.48. The van der Waals surface area contributed by atoms with E-state index < -0.39 is 0 Å². The normalized spacial score (nSPS) is 13.4. The van der Waals surface area contributed by atoms with Gasteiger partial charge in [0.1, 0.15) is 5.69 Å². The maximum Gasteiger partial charge on any atom is 0.270 e. The summed E-state index contributed by atoms with van der Waals surface area (Å²) in [5.41, 5.74) is 1.85. The molecule has 0 bridgehead atoms. The van der Waals surface area contributed by atoms with Crippen LogP contribution in [0, 0.1) is 5.92 Å². The molecule has 0 saturated carbocycles. The van der Waals surface area contributed by atoms with Crippen molar-refractivity contribution in [3.05, 3.63) is 52.0 Å². The third-order valence-corrected chi connectivity index (χ3v) is 4.58. The summed E-state index contributed by atoms with van der Waals surface area (Å²) in [7, 11) is 0. The Morgan fingerprint density at radius 3 is 2.61 bits per heavy atom. The van der Waals surface area contributed by atoms with Gasteiger partial charge in [-0.15, -0.1) is 36.2 Å². The van der Waals surface area contributed by atoms with Crippen molar-refractivity contribution in [2.24, 2.45) is 5.92 Å². The molecule has 2 heterocycles. The number of aryl methyl sites for hydroxylation is 2. The highest BCUT2D eigenvalue weighted by Crippen LogP contribution is 2.13. The van der Waals surface area contributed by atoms with Crippen LogP contribution in [0.25, 0.3) is 0 Å². The molecule has 0 atom stereocenters. The fourth-order valence-electron chi connectivity index (χ4n) is 2.25. The van der Waals surface area contributed by atoms with Gasteiger partial charge in [0, 0.05) is 37.4 Å². The molecule has 0 unspecified atom stereocenters. The van der Waals surface area contributed by atoms with Crippen molar-refractivity contribution in [3.8, 4) is 0 Å². The summed E-state index contributed by atoms with van der Waals surface area (Å²) in [6, 6.07) is 10.4. The molecule has 1 fully saturated rings. The molecule has 1 aliphatic heterocycles. The molecule has 2 N–H and O–H groups in total. The van der Waals surface area contributed by atoms with Crippen molar-refractivity contribution in [2.45, 2.75) is 12.8 Å². The molecule has 2 aromatic rings. The molecule has 23 heavy (non-hydrogen) atoms. The van der Waals surface area contributed by atoms with E-state index in [2.05, 4.69) is 27.8 Å². The molecule has 1 aliphatic rings. The Morgan fingerprint density at radius 1 is 1.22 bits per heavy atom. The first-order valence-electron chi connectivity index (χ1n) is 7.28. The monoisotopic (exact) mass is 373 g/mol. The molecular weight excluding hydrogens is 353 g/mol. The van der Waals surface area contributed by atoms with Gasteiger partial charge in [0.05, 0.1) is 5.01 Å². The number of rotatable bonds is 6. The quantitative estimate of drug-likeness (QED) is 0.818. The van der Waals surface area contributed by atoms with E-state index in [1.165, 1.54) is 5.56 Å². The van der Waals surface area contributed by atoms with Crippen molar-refractivity contribution in [3.63, 3.8) is 0 Å². The van der Waals surface area contributed by atoms with Gasteiger partial charge in [-0.05, 0) is 12.0 Å². The van der Waals surface area contributed by atoms with E-state index >= 15 is 0 Å². The molecule has 1 saturated heterocycles. The van der Waals surface area contributed by atoms with Gasteiger partial charge in [0.25, 0.3) is 5.91 Å². The van der Waals surface area contributed by atoms with Crippen LogP contribution in [0.3, 0.4) is 0 Å². The van der Waals surface area contributed by atoms with Crippen LogP contribution < -0.4 is 10.6 Å². The summed E-state index contributed by atoms with van der Waals surface area (Å²) < 4.78 is 0. The third kappa shape index (κ3) is 5.77. The topological polar surface area (TPSA) is 54.0 Å². The average molecular weight is 374 g/mol. The maximum absolute atomic E-state index is 12.0. The Labute approximate surface area is 152 Å². The second kappa shape index (κ2) is 9.88. The first-order chi connectivity index (χ1) is 10.3. The molecule has 126 valence electrons. The van der Waals surface area contributed by atoms with Gasteiger partial charge in [0.2, 0.25) is 0 Å². The lowest BCUT2D eigenvalue weighted by molar-refractivity contribution is 0.0937. The van der Waals surface area contributed by atoms with E-state index in [-0.39, 0.29) is 30.7 Å². The van der Waals surface area contributed by atoms with Gasteiger partial charge >= 0.3 is 0 Å².